The SMILES string of the molecule is O=C1CCCN1c1cccc(NC(=S)NC2(c3cccnc3)CCCC2)c1. The number of hydrogen-bond donors (Lipinski definition) is 2. The molecule has 27 heavy (non-hydrogen) atoms. The lowest BCUT2D eigenvalue weighted by molar-refractivity contribution is -0.117. The molecule has 1 aliphatic heterocycles. The number of aromatic nitrogens is 1. The van der Waals surface area contributed by atoms with Crippen LogP contribution in [0.5, 0.6) is 0 Å². The highest BCUT2D eigenvalue weighted by Crippen LogP contribution is 2.38. The summed E-state index contributed by atoms with van der Waals surface area (Å²) in [5.41, 5.74) is 2.85. The zero-order chi connectivity index (χ0) is 18.7. The Balaban J connectivity index is 1.48. The van der Waals surface area contributed by atoms with Gasteiger partial charge < -0.3 is 15.5 Å². The second-order valence-corrected chi connectivity index (χ2v) is 7.72. The van der Waals surface area contributed by atoms with Gasteiger partial charge in [-0.05, 0) is 61.3 Å². The highest BCUT2D eigenvalue weighted by Gasteiger charge is 2.36. The van der Waals surface area contributed by atoms with Crippen LogP contribution in [0.4, 0.5) is 11.4 Å². The first-order valence-corrected chi connectivity index (χ1v) is 9.97. The van der Waals surface area contributed by atoms with Crippen LogP contribution in [-0.4, -0.2) is 22.5 Å². The summed E-state index contributed by atoms with van der Waals surface area (Å²) in [6.45, 7) is 0.787. The van der Waals surface area contributed by atoms with Crippen LogP contribution < -0.4 is 15.5 Å². The molecule has 2 heterocycles. The van der Waals surface area contributed by atoms with Gasteiger partial charge in [0.05, 0.1) is 5.54 Å². The molecule has 6 heteroatoms. The van der Waals surface area contributed by atoms with E-state index in [9.17, 15) is 4.79 Å². The molecule has 1 amide bonds. The van der Waals surface area contributed by atoms with Crippen LogP contribution in [0.1, 0.15) is 44.1 Å². The molecule has 1 aromatic carbocycles. The Hall–Kier alpha value is -2.47. The number of carbonyl (C=O) groups is 1. The van der Waals surface area contributed by atoms with Crippen molar-refractivity contribution in [1.82, 2.24) is 10.3 Å². The van der Waals surface area contributed by atoms with E-state index in [1.54, 1.807) is 6.20 Å². The zero-order valence-corrected chi connectivity index (χ0v) is 16.1. The summed E-state index contributed by atoms with van der Waals surface area (Å²) in [5, 5.41) is 7.46. The molecule has 1 aromatic heterocycles. The van der Waals surface area contributed by atoms with Crippen molar-refractivity contribution in [2.24, 2.45) is 0 Å². The van der Waals surface area contributed by atoms with Gasteiger partial charge in [0.1, 0.15) is 0 Å². The number of hydrogen-bond acceptors (Lipinski definition) is 3. The Kier molecular flexibility index (Phi) is 5.07. The zero-order valence-electron chi connectivity index (χ0n) is 15.3. The van der Waals surface area contributed by atoms with Crippen LogP contribution in [0.15, 0.2) is 48.8 Å². The maximum absolute atomic E-state index is 12.0. The number of thiocarbonyl (C=S) groups is 1. The van der Waals surface area contributed by atoms with E-state index in [0.29, 0.717) is 11.5 Å². The number of rotatable bonds is 4. The van der Waals surface area contributed by atoms with Gasteiger partial charge in [-0.25, -0.2) is 0 Å². The normalized spacial score (nSPS) is 18.5. The molecule has 4 rings (SSSR count). The van der Waals surface area contributed by atoms with Gasteiger partial charge in [0.15, 0.2) is 5.11 Å². The number of anilines is 2. The number of carbonyl (C=O) groups excluding carboxylic acids is 1. The number of nitrogens with one attached hydrogen (secondary N) is 2. The van der Waals surface area contributed by atoms with Gasteiger partial charge >= 0.3 is 0 Å². The Morgan fingerprint density at radius 3 is 2.70 bits per heavy atom. The predicted molar refractivity (Wildman–Crippen MR) is 112 cm³/mol. The first-order chi connectivity index (χ1) is 13.2. The molecule has 1 saturated heterocycles. The fourth-order valence-corrected chi connectivity index (χ4v) is 4.48. The van der Waals surface area contributed by atoms with Gasteiger partial charge in [-0.1, -0.05) is 25.0 Å². The third-order valence-corrected chi connectivity index (χ3v) is 5.72. The van der Waals surface area contributed by atoms with E-state index in [4.69, 9.17) is 12.2 Å². The summed E-state index contributed by atoms with van der Waals surface area (Å²) in [7, 11) is 0. The monoisotopic (exact) mass is 380 g/mol. The van der Waals surface area contributed by atoms with Crippen molar-refractivity contribution in [3.8, 4) is 0 Å². The first-order valence-electron chi connectivity index (χ1n) is 9.56. The van der Waals surface area contributed by atoms with E-state index in [1.807, 2.05) is 41.4 Å². The van der Waals surface area contributed by atoms with Crippen LogP contribution in [-0.2, 0) is 10.3 Å². The number of amides is 1. The van der Waals surface area contributed by atoms with Crippen molar-refractivity contribution in [3.63, 3.8) is 0 Å². The van der Waals surface area contributed by atoms with E-state index in [1.165, 1.54) is 18.4 Å². The lowest BCUT2D eigenvalue weighted by Crippen LogP contribution is -2.45. The Morgan fingerprint density at radius 1 is 1.15 bits per heavy atom. The molecule has 0 spiro atoms. The van der Waals surface area contributed by atoms with Crippen LogP contribution in [0, 0.1) is 0 Å². The van der Waals surface area contributed by atoms with E-state index in [2.05, 4.69) is 21.7 Å². The Morgan fingerprint density at radius 2 is 2.00 bits per heavy atom. The summed E-state index contributed by atoms with van der Waals surface area (Å²) in [6.07, 6.45) is 9.73. The molecule has 0 radical (unpaired) electrons. The molecule has 140 valence electrons. The quantitative estimate of drug-likeness (QED) is 0.786. The summed E-state index contributed by atoms with van der Waals surface area (Å²) >= 11 is 5.62. The molecular weight excluding hydrogens is 356 g/mol. The fourth-order valence-electron chi connectivity index (χ4n) is 4.16. The van der Waals surface area contributed by atoms with Gasteiger partial charge in [-0.2, -0.15) is 0 Å². The number of pyridine rings is 1. The molecule has 0 atom stereocenters. The maximum Gasteiger partial charge on any atom is 0.227 e. The van der Waals surface area contributed by atoms with Gasteiger partial charge in [0.2, 0.25) is 5.91 Å². The van der Waals surface area contributed by atoms with Gasteiger partial charge in [0, 0.05) is 36.7 Å². The average Bonchev–Trinajstić information content (AvgIpc) is 3.32. The number of nitrogens with zero attached hydrogens (tertiary/aromatic N) is 2. The van der Waals surface area contributed by atoms with Crippen LogP contribution in [0.2, 0.25) is 0 Å². The third kappa shape index (κ3) is 3.81. The summed E-state index contributed by atoms with van der Waals surface area (Å²) in [6, 6.07) is 12.0. The topological polar surface area (TPSA) is 57.3 Å². The van der Waals surface area contributed by atoms with E-state index < -0.39 is 0 Å². The number of benzene rings is 1. The minimum absolute atomic E-state index is 0.152. The highest BCUT2D eigenvalue weighted by atomic mass is 32.1. The lowest BCUT2D eigenvalue weighted by atomic mass is 9.89. The van der Waals surface area contributed by atoms with Crippen molar-refractivity contribution in [2.75, 3.05) is 16.8 Å². The van der Waals surface area contributed by atoms with E-state index in [0.717, 1.165) is 37.2 Å². The fraction of sp³-hybridized carbons (Fsp3) is 0.381. The minimum Gasteiger partial charge on any atom is -0.353 e. The molecule has 1 aliphatic carbocycles. The summed E-state index contributed by atoms with van der Waals surface area (Å²) < 4.78 is 0. The first kappa shape index (κ1) is 17.9. The molecule has 2 fully saturated rings. The molecule has 0 unspecified atom stereocenters. The molecular formula is C21H24N4OS. The van der Waals surface area contributed by atoms with Crippen molar-refractivity contribution in [3.05, 3.63) is 54.4 Å². The highest BCUT2D eigenvalue weighted by molar-refractivity contribution is 7.80. The molecule has 2 aliphatic rings. The van der Waals surface area contributed by atoms with Crippen molar-refractivity contribution in [2.45, 2.75) is 44.1 Å². The summed E-state index contributed by atoms with van der Waals surface area (Å²) in [5.74, 6) is 0.189. The lowest BCUT2D eigenvalue weighted by Gasteiger charge is -2.32. The molecule has 2 N–H and O–H groups in total. The van der Waals surface area contributed by atoms with Crippen molar-refractivity contribution < 1.29 is 4.79 Å². The maximum atomic E-state index is 12.0. The molecule has 5 nitrogen and oxygen atoms in total. The predicted octanol–water partition coefficient (Wildman–Crippen LogP) is 3.96. The average molecular weight is 381 g/mol. The van der Waals surface area contributed by atoms with Crippen molar-refractivity contribution in [1.29, 1.82) is 0 Å². The van der Waals surface area contributed by atoms with Gasteiger partial charge in [-0.3, -0.25) is 9.78 Å². The second-order valence-electron chi connectivity index (χ2n) is 7.31. The summed E-state index contributed by atoms with van der Waals surface area (Å²) in [4.78, 5) is 18.1. The van der Waals surface area contributed by atoms with E-state index >= 15 is 0 Å². The largest absolute Gasteiger partial charge is 0.353 e. The molecule has 2 aromatic rings. The van der Waals surface area contributed by atoms with Crippen LogP contribution in [0.25, 0.3) is 0 Å². The second kappa shape index (κ2) is 7.64. The van der Waals surface area contributed by atoms with Gasteiger partial charge in [0.25, 0.3) is 0 Å². The standard InChI is InChI=1S/C21H24N4OS/c26-19-9-5-13-25(19)18-8-3-7-17(14-18)23-20(27)24-21(10-1-2-11-21)16-6-4-12-22-15-16/h3-4,6-8,12,14-15H,1-2,5,9-11,13H2,(H2,23,24,27). The van der Waals surface area contributed by atoms with Crippen LogP contribution >= 0.6 is 12.2 Å². The van der Waals surface area contributed by atoms with Gasteiger partial charge in [-0.15, -0.1) is 0 Å². The Bertz CT molecular complexity index is 833. The molecule has 0 bridgehead atoms. The smallest absolute Gasteiger partial charge is 0.227 e. The van der Waals surface area contributed by atoms with Crippen molar-refractivity contribution >= 4 is 34.6 Å². The molecule has 1 saturated carbocycles. The third-order valence-electron chi connectivity index (χ3n) is 5.51. The van der Waals surface area contributed by atoms with Crippen LogP contribution in [0.3, 0.4) is 0 Å². The van der Waals surface area contributed by atoms with E-state index in [-0.39, 0.29) is 11.4 Å². The Labute approximate surface area is 165 Å². The minimum atomic E-state index is -0.152.